The van der Waals surface area contributed by atoms with E-state index in [1.165, 1.54) is 29.6 Å². The summed E-state index contributed by atoms with van der Waals surface area (Å²) in [5.41, 5.74) is 3.81. The highest BCUT2D eigenvalue weighted by atomic mass is 32.2. The lowest BCUT2D eigenvalue weighted by Crippen LogP contribution is -2.29. The van der Waals surface area contributed by atoms with E-state index in [-0.39, 0.29) is 29.4 Å². The predicted octanol–water partition coefficient (Wildman–Crippen LogP) is 4.59. The summed E-state index contributed by atoms with van der Waals surface area (Å²) in [6.45, 7) is 2.14. The summed E-state index contributed by atoms with van der Waals surface area (Å²) < 4.78 is 33.0. The van der Waals surface area contributed by atoms with E-state index in [4.69, 9.17) is 9.72 Å². The van der Waals surface area contributed by atoms with Crippen LogP contribution in [0, 0.1) is 0 Å². The summed E-state index contributed by atoms with van der Waals surface area (Å²) in [6, 6.07) is 21.2. The second kappa shape index (κ2) is 13.4. The number of sulfone groups is 1. The van der Waals surface area contributed by atoms with Crippen molar-refractivity contribution in [1.29, 1.82) is 0 Å². The van der Waals surface area contributed by atoms with E-state index in [0.29, 0.717) is 34.2 Å². The number of nitrogens with one attached hydrogen (secondary N) is 1. The molecule has 12 heteroatoms. The molecule has 1 aliphatic rings. The number of methoxy groups -OCH3 is 1. The van der Waals surface area contributed by atoms with E-state index in [9.17, 15) is 13.2 Å². The molecule has 0 radical (unpaired) electrons. The Morgan fingerprint density at radius 1 is 1.07 bits per heavy atom. The van der Waals surface area contributed by atoms with E-state index < -0.39 is 9.84 Å². The predicted molar refractivity (Wildman–Crippen MR) is 180 cm³/mol. The first-order chi connectivity index (χ1) is 22.2. The van der Waals surface area contributed by atoms with Crippen molar-refractivity contribution in [3.8, 4) is 0 Å². The maximum atomic E-state index is 14.2. The van der Waals surface area contributed by atoms with Crippen LogP contribution in [0.3, 0.4) is 0 Å². The number of ether oxygens (including phenoxy) is 1. The van der Waals surface area contributed by atoms with Gasteiger partial charge in [-0.15, -0.1) is 0 Å². The minimum atomic E-state index is -3.73. The Labute approximate surface area is 268 Å². The van der Waals surface area contributed by atoms with Gasteiger partial charge >= 0.3 is 0 Å². The van der Waals surface area contributed by atoms with Gasteiger partial charge in [-0.2, -0.15) is 4.98 Å². The first-order valence-electron chi connectivity index (χ1n) is 15.1. The number of likely N-dealkylation sites (N-methyl/N-ethyl adjacent to an activating group) is 1. The third-order valence-corrected chi connectivity index (χ3v) is 10.2. The van der Waals surface area contributed by atoms with E-state index in [1.807, 2.05) is 49.5 Å². The summed E-state index contributed by atoms with van der Waals surface area (Å²) in [4.78, 5) is 31.9. The third kappa shape index (κ3) is 6.64. The van der Waals surface area contributed by atoms with Crippen molar-refractivity contribution in [2.24, 2.45) is 0 Å². The van der Waals surface area contributed by atoms with E-state index in [2.05, 4.69) is 39.4 Å². The van der Waals surface area contributed by atoms with Gasteiger partial charge in [-0.3, -0.25) is 14.3 Å². The van der Waals surface area contributed by atoms with Crippen molar-refractivity contribution >= 4 is 43.9 Å². The van der Waals surface area contributed by atoms with Crippen LogP contribution in [0.5, 0.6) is 0 Å². The summed E-state index contributed by atoms with van der Waals surface area (Å²) in [7, 11) is 1.68. The lowest BCUT2D eigenvalue weighted by atomic mass is 9.98. The monoisotopic (exact) mass is 639 g/mol. The van der Waals surface area contributed by atoms with Gasteiger partial charge in [0.15, 0.2) is 9.84 Å². The van der Waals surface area contributed by atoms with Crippen LogP contribution in [-0.4, -0.2) is 79.5 Å². The van der Waals surface area contributed by atoms with Gasteiger partial charge in [-0.25, -0.2) is 13.4 Å². The number of hydrogen-bond acceptors (Lipinski definition) is 10. The number of pyridine rings is 2. The summed E-state index contributed by atoms with van der Waals surface area (Å²) in [5, 5.41) is 3.90. The fourth-order valence-corrected chi connectivity index (χ4v) is 7.21. The zero-order chi connectivity index (χ0) is 32.3. The van der Waals surface area contributed by atoms with Crippen molar-refractivity contribution < 1.29 is 13.2 Å². The van der Waals surface area contributed by atoms with Crippen LogP contribution >= 0.6 is 0 Å². The minimum absolute atomic E-state index is 0.0395. The number of likely N-dealkylation sites (tertiary alicyclic amines) is 1. The van der Waals surface area contributed by atoms with Crippen molar-refractivity contribution in [3.63, 3.8) is 0 Å². The van der Waals surface area contributed by atoms with Gasteiger partial charge in [-0.05, 0) is 73.5 Å². The quantitative estimate of drug-likeness (QED) is 0.220. The Bertz CT molecular complexity index is 2000. The van der Waals surface area contributed by atoms with Crippen LogP contribution in [0.15, 0.2) is 95.0 Å². The first-order valence-corrected chi connectivity index (χ1v) is 16.8. The van der Waals surface area contributed by atoms with Crippen molar-refractivity contribution in [3.05, 3.63) is 107 Å². The van der Waals surface area contributed by atoms with Crippen molar-refractivity contribution in [1.82, 2.24) is 24.4 Å². The molecule has 1 fully saturated rings. The van der Waals surface area contributed by atoms with Crippen LogP contribution in [0.1, 0.15) is 23.5 Å². The Morgan fingerprint density at radius 3 is 2.57 bits per heavy atom. The topological polar surface area (TPSA) is 123 Å². The maximum Gasteiger partial charge on any atom is 0.276 e. The number of anilines is 4. The number of fused-ring (bicyclic) bond motifs is 1. The van der Waals surface area contributed by atoms with E-state index in [1.54, 1.807) is 23.2 Å². The molecule has 0 spiro atoms. The van der Waals surface area contributed by atoms with Crippen LogP contribution in [0.4, 0.5) is 23.0 Å². The zero-order valence-electron chi connectivity index (χ0n) is 26.1. The molecule has 3 aromatic heterocycles. The molecule has 1 saturated heterocycles. The van der Waals surface area contributed by atoms with Crippen LogP contribution in [0.2, 0.25) is 0 Å². The minimum Gasteiger partial charge on any atom is -0.384 e. The second-order valence-corrected chi connectivity index (χ2v) is 13.7. The lowest BCUT2D eigenvalue weighted by molar-refractivity contribution is 0.217. The highest BCUT2D eigenvalue weighted by molar-refractivity contribution is 7.91. The number of hydrogen-bond donors (Lipinski definition) is 1. The van der Waals surface area contributed by atoms with E-state index >= 15 is 0 Å². The van der Waals surface area contributed by atoms with Crippen LogP contribution in [0.25, 0.3) is 11.0 Å². The maximum absolute atomic E-state index is 14.2. The SMILES string of the molecule is COCCS(=O)(=O)c1cnccc1Cn1c(=O)c(N(C)c2ccccc2)cc2cnc(Nc3ccc(C4CCN(C)C4)cc3)nc21. The van der Waals surface area contributed by atoms with E-state index in [0.717, 1.165) is 30.9 Å². The number of para-hydroxylation sites is 1. The fraction of sp³-hybridized carbons (Fsp3) is 0.294. The first kappa shape index (κ1) is 31.3. The van der Waals surface area contributed by atoms with Crippen molar-refractivity contribution in [2.45, 2.75) is 23.8 Å². The van der Waals surface area contributed by atoms with Gasteiger partial charge in [0.2, 0.25) is 5.95 Å². The normalized spacial score (nSPS) is 15.3. The lowest BCUT2D eigenvalue weighted by Gasteiger charge is -2.21. The molecule has 0 aliphatic carbocycles. The van der Waals surface area contributed by atoms with Gasteiger partial charge in [0.1, 0.15) is 11.3 Å². The Balaban J connectivity index is 1.41. The van der Waals surface area contributed by atoms with Crippen LogP contribution < -0.4 is 15.8 Å². The van der Waals surface area contributed by atoms with Gasteiger partial charge < -0.3 is 19.9 Å². The Kier molecular flexibility index (Phi) is 9.11. The Hall–Kier alpha value is -4.65. The van der Waals surface area contributed by atoms with Gasteiger partial charge in [0, 0.05) is 56.1 Å². The smallest absolute Gasteiger partial charge is 0.276 e. The zero-order valence-corrected chi connectivity index (χ0v) is 26.9. The molecular weight excluding hydrogens is 602 g/mol. The molecular formula is C34H37N7O4S. The molecule has 11 nitrogen and oxygen atoms in total. The number of nitrogens with zero attached hydrogens (tertiary/aromatic N) is 6. The van der Waals surface area contributed by atoms with Gasteiger partial charge in [0.25, 0.3) is 5.56 Å². The third-order valence-electron chi connectivity index (χ3n) is 8.43. The largest absolute Gasteiger partial charge is 0.384 e. The molecule has 1 atom stereocenters. The summed E-state index contributed by atoms with van der Waals surface area (Å²) in [5.74, 6) is 0.631. The molecule has 5 aromatic rings. The molecule has 238 valence electrons. The molecule has 1 N–H and O–H groups in total. The molecule has 46 heavy (non-hydrogen) atoms. The average Bonchev–Trinajstić information content (AvgIpc) is 3.51. The molecule has 0 bridgehead atoms. The van der Waals surface area contributed by atoms with Gasteiger partial charge in [-0.1, -0.05) is 30.3 Å². The molecule has 2 aromatic carbocycles. The van der Waals surface area contributed by atoms with Gasteiger partial charge in [0.05, 0.1) is 23.8 Å². The van der Waals surface area contributed by atoms with Crippen LogP contribution in [-0.2, 0) is 21.1 Å². The average molecular weight is 640 g/mol. The molecule has 6 rings (SSSR count). The molecule has 1 aliphatic heterocycles. The number of rotatable bonds is 11. The van der Waals surface area contributed by atoms with Crippen molar-refractivity contribution in [2.75, 3.05) is 56.9 Å². The number of benzene rings is 2. The highest BCUT2D eigenvalue weighted by Gasteiger charge is 2.23. The second-order valence-electron chi connectivity index (χ2n) is 11.6. The fourth-order valence-electron chi connectivity index (χ4n) is 5.85. The Morgan fingerprint density at radius 2 is 1.85 bits per heavy atom. The number of aromatic nitrogens is 4. The summed E-state index contributed by atoms with van der Waals surface area (Å²) in [6.07, 6.45) is 5.66. The molecule has 0 amide bonds. The highest BCUT2D eigenvalue weighted by Crippen LogP contribution is 2.29. The molecule has 4 heterocycles. The molecule has 1 unspecified atom stereocenters. The molecule has 0 saturated carbocycles. The standard InChI is InChI=1S/C34H37N7O4S/c1-39-16-14-25(22-39)24-9-11-28(12-10-24)37-34-36-20-27-19-30(40(2)29-7-5-4-6-8-29)33(42)41(32(27)38-34)23-26-13-15-35-21-31(26)46(43,44)18-17-45-3/h4-13,15,19-21,25H,14,16-18,22-23H2,1-3H3,(H,36,37,38). The summed E-state index contributed by atoms with van der Waals surface area (Å²) >= 11 is 0.